The van der Waals surface area contributed by atoms with Gasteiger partial charge in [-0.2, -0.15) is 0 Å². The Morgan fingerprint density at radius 1 is 0.938 bits per heavy atom. The summed E-state index contributed by atoms with van der Waals surface area (Å²) in [7, 11) is 0. The SMILES string of the molecule is CC.CCCCCCCC1=CC=C(C)CC1. The predicted molar refractivity (Wildman–Crippen MR) is 75.8 cm³/mol. The number of hydrogen-bond acceptors (Lipinski definition) is 0. The molecule has 0 N–H and O–H groups in total. The van der Waals surface area contributed by atoms with Crippen LogP contribution in [0.5, 0.6) is 0 Å². The Balaban J connectivity index is 0.00000106. The smallest absolute Gasteiger partial charge is 0.0280 e. The quantitative estimate of drug-likeness (QED) is 0.481. The average molecular weight is 222 g/mol. The molecule has 0 heteroatoms. The second kappa shape index (κ2) is 11.0. The van der Waals surface area contributed by atoms with Crippen molar-refractivity contribution in [2.45, 2.75) is 79.1 Å². The molecule has 0 aromatic heterocycles. The van der Waals surface area contributed by atoms with Crippen LogP contribution in [0.25, 0.3) is 0 Å². The van der Waals surface area contributed by atoms with E-state index in [1.807, 2.05) is 13.8 Å². The van der Waals surface area contributed by atoms with Crippen LogP contribution in [0.15, 0.2) is 23.3 Å². The molecule has 0 radical (unpaired) electrons. The highest BCUT2D eigenvalue weighted by Crippen LogP contribution is 2.22. The molecule has 0 saturated heterocycles. The number of unbranched alkanes of at least 4 members (excludes halogenated alkanes) is 4. The summed E-state index contributed by atoms with van der Waals surface area (Å²) in [6.07, 6.45) is 15.6. The van der Waals surface area contributed by atoms with Crippen LogP contribution < -0.4 is 0 Å². The zero-order chi connectivity index (χ0) is 12.2. The molecule has 0 fully saturated rings. The molecule has 0 aromatic rings. The van der Waals surface area contributed by atoms with Gasteiger partial charge in [0.2, 0.25) is 0 Å². The van der Waals surface area contributed by atoms with E-state index in [0.717, 1.165) is 0 Å². The van der Waals surface area contributed by atoms with E-state index in [2.05, 4.69) is 26.0 Å². The van der Waals surface area contributed by atoms with Crippen LogP contribution in [0.2, 0.25) is 0 Å². The van der Waals surface area contributed by atoms with E-state index in [1.165, 1.54) is 51.4 Å². The Hall–Kier alpha value is -0.520. The standard InChI is InChI=1S/C14H24.C2H6/c1-3-4-5-6-7-8-14-11-9-13(2)10-12-14;1-2/h9,11H,3-8,10,12H2,1-2H3;1-2H3. The van der Waals surface area contributed by atoms with Gasteiger partial charge in [0.05, 0.1) is 0 Å². The minimum Gasteiger partial charge on any atom is -0.0730 e. The molecular formula is C16H30. The number of hydrogen-bond donors (Lipinski definition) is 0. The van der Waals surface area contributed by atoms with Crippen LogP contribution in [0.4, 0.5) is 0 Å². The van der Waals surface area contributed by atoms with E-state index in [1.54, 1.807) is 11.1 Å². The minimum atomic E-state index is 1.29. The third-order valence-corrected chi connectivity index (χ3v) is 3.05. The Labute approximate surface area is 103 Å². The third kappa shape index (κ3) is 7.73. The molecule has 0 aromatic carbocycles. The maximum Gasteiger partial charge on any atom is -0.0280 e. The lowest BCUT2D eigenvalue weighted by Gasteiger charge is -2.11. The molecule has 16 heavy (non-hydrogen) atoms. The van der Waals surface area contributed by atoms with Crippen molar-refractivity contribution in [1.29, 1.82) is 0 Å². The van der Waals surface area contributed by atoms with Gasteiger partial charge in [0, 0.05) is 0 Å². The highest BCUT2D eigenvalue weighted by molar-refractivity contribution is 5.22. The first-order valence-electron chi connectivity index (χ1n) is 7.18. The van der Waals surface area contributed by atoms with E-state index >= 15 is 0 Å². The van der Waals surface area contributed by atoms with E-state index in [9.17, 15) is 0 Å². The number of rotatable bonds is 6. The van der Waals surface area contributed by atoms with E-state index in [4.69, 9.17) is 0 Å². The summed E-state index contributed by atoms with van der Waals surface area (Å²) in [5.41, 5.74) is 3.21. The first-order chi connectivity index (χ1) is 7.83. The van der Waals surface area contributed by atoms with Gasteiger partial charge in [-0.15, -0.1) is 0 Å². The van der Waals surface area contributed by atoms with Gasteiger partial charge < -0.3 is 0 Å². The largest absolute Gasteiger partial charge is 0.0730 e. The van der Waals surface area contributed by atoms with Gasteiger partial charge in [0.1, 0.15) is 0 Å². The van der Waals surface area contributed by atoms with Crippen LogP contribution in [-0.2, 0) is 0 Å². The lowest BCUT2D eigenvalue weighted by Crippen LogP contribution is -1.91. The Bertz CT molecular complexity index is 208. The Morgan fingerprint density at radius 3 is 2.19 bits per heavy atom. The fourth-order valence-electron chi connectivity index (χ4n) is 1.95. The van der Waals surface area contributed by atoms with Crippen LogP contribution in [0.3, 0.4) is 0 Å². The van der Waals surface area contributed by atoms with Gasteiger partial charge in [0.15, 0.2) is 0 Å². The van der Waals surface area contributed by atoms with Crippen molar-refractivity contribution in [3.63, 3.8) is 0 Å². The zero-order valence-electron chi connectivity index (χ0n) is 11.8. The summed E-state index contributed by atoms with van der Waals surface area (Å²) in [6.45, 7) is 8.51. The normalized spacial score (nSPS) is 14.8. The molecule has 0 saturated carbocycles. The van der Waals surface area contributed by atoms with Crippen molar-refractivity contribution in [1.82, 2.24) is 0 Å². The van der Waals surface area contributed by atoms with Gasteiger partial charge in [0.25, 0.3) is 0 Å². The van der Waals surface area contributed by atoms with Crippen molar-refractivity contribution < 1.29 is 0 Å². The molecular weight excluding hydrogens is 192 g/mol. The molecule has 1 aliphatic rings. The second-order valence-corrected chi connectivity index (χ2v) is 4.50. The maximum absolute atomic E-state index is 2.35. The molecule has 1 rings (SSSR count). The van der Waals surface area contributed by atoms with E-state index < -0.39 is 0 Å². The van der Waals surface area contributed by atoms with Gasteiger partial charge in [-0.1, -0.05) is 69.8 Å². The molecule has 0 nitrogen and oxygen atoms in total. The summed E-state index contributed by atoms with van der Waals surface area (Å²) in [6, 6.07) is 0. The molecule has 0 aliphatic heterocycles. The zero-order valence-corrected chi connectivity index (χ0v) is 11.8. The summed E-state index contributed by atoms with van der Waals surface area (Å²) < 4.78 is 0. The fourth-order valence-corrected chi connectivity index (χ4v) is 1.95. The minimum absolute atomic E-state index is 1.29. The molecule has 0 bridgehead atoms. The third-order valence-electron chi connectivity index (χ3n) is 3.05. The molecule has 0 amide bonds. The monoisotopic (exact) mass is 222 g/mol. The fraction of sp³-hybridized carbons (Fsp3) is 0.750. The molecule has 0 atom stereocenters. The van der Waals surface area contributed by atoms with Crippen molar-refractivity contribution in [3.05, 3.63) is 23.3 Å². The maximum atomic E-state index is 2.35. The number of allylic oxidation sites excluding steroid dienone is 4. The molecule has 0 heterocycles. The summed E-state index contributed by atoms with van der Waals surface area (Å²) in [5.74, 6) is 0. The van der Waals surface area contributed by atoms with E-state index in [0.29, 0.717) is 0 Å². The highest BCUT2D eigenvalue weighted by Gasteiger charge is 2.02. The lowest BCUT2D eigenvalue weighted by molar-refractivity contribution is 0.622. The molecule has 0 spiro atoms. The summed E-state index contributed by atoms with van der Waals surface area (Å²) >= 11 is 0. The summed E-state index contributed by atoms with van der Waals surface area (Å²) in [4.78, 5) is 0. The van der Waals surface area contributed by atoms with E-state index in [-0.39, 0.29) is 0 Å². The Kier molecular flexibility index (Phi) is 10.6. The lowest BCUT2D eigenvalue weighted by atomic mass is 9.95. The van der Waals surface area contributed by atoms with Gasteiger partial charge >= 0.3 is 0 Å². The average Bonchev–Trinajstić information content (AvgIpc) is 2.34. The van der Waals surface area contributed by atoms with Crippen molar-refractivity contribution in [2.24, 2.45) is 0 Å². The van der Waals surface area contributed by atoms with Crippen LogP contribution in [0.1, 0.15) is 79.1 Å². The van der Waals surface area contributed by atoms with Crippen LogP contribution in [-0.4, -0.2) is 0 Å². The Morgan fingerprint density at radius 2 is 1.62 bits per heavy atom. The molecule has 94 valence electrons. The van der Waals surface area contributed by atoms with Gasteiger partial charge in [-0.25, -0.2) is 0 Å². The predicted octanol–water partition coefficient (Wildman–Crippen LogP) is 6.04. The van der Waals surface area contributed by atoms with Gasteiger partial charge in [-0.05, 0) is 32.6 Å². The highest BCUT2D eigenvalue weighted by atomic mass is 14.1. The van der Waals surface area contributed by atoms with Crippen molar-refractivity contribution in [2.75, 3.05) is 0 Å². The molecule has 0 unspecified atom stereocenters. The topological polar surface area (TPSA) is 0 Å². The molecule has 1 aliphatic carbocycles. The van der Waals surface area contributed by atoms with Crippen molar-refractivity contribution >= 4 is 0 Å². The first-order valence-corrected chi connectivity index (χ1v) is 7.18. The van der Waals surface area contributed by atoms with Gasteiger partial charge in [-0.3, -0.25) is 0 Å². The second-order valence-electron chi connectivity index (χ2n) is 4.50. The van der Waals surface area contributed by atoms with Crippen molar-refractivity contribution in [3.8, 4) is 0 Å². The van der Waals surface area contributed by atoms with Crippen LogP contribution >= 0.6 is 0 Å². The summed E-state index contributed by atoms with van der Waals surface area (Å²) in [5, 5.41) is 0. The van der Waals surface area contributed by atoms with Crippen LogP contribution in [0, 0.1) is 0 Å². The first kappa shape index (κ1) is 15.5.